The van der Waals surface area contributed by atoms with Gasteiger partial charge in [0.2, 0.25) is 5.16 Å². The third-order valence-electron chi connectivity index (χ3n) is 7.84. The van der Waals surface area contributed by atoms with Gasteiger partial charge in [-0.2, -0.15) is 4.68 Å². The van der Waals surface area contributed by atoms with Crippen LogP contribution in [-0.4, -0.2) is 54.9 Å². The van der Waals surface area contributed by atoms with E-state index in [9.17, 15) is 15.0 Å². The number of aromatic hydroxyl groups is 1. The van der Waals surface area contributed by atoms with Crippen LogP contribution in [-0.2, 0) is 22.6 Å². The summed E-state index contributed by atoms with van der Waals surface area (Å²) in [4.78, 5) is 12.0. The lowest BCUT2D eigenvalue weighted by Crippen LogP contribution is -2.34. The molecule has 12 heteroatoms. The summed E-state index contributed by atoms with van der Waals surface area (Å²) in [7, 11) is 0. The van der Waals surface area contributed by atoms with E-state index in [-0.39, 0.29) is 30.6 Å². The van der Waals surface area contributed by atoms with Gasteiger partial charge < -0.3 is 30.3 Å². The van der Waals surface area contributed by atoms with Crippen LogP contribution < -0.4 is 10.6 Å². The molecule has 2 heterocycles. The summed E-state index contributed by atoms with van der Waals surface area (Å²) in [6.45, 7) is 2.83. The van der Waals surface area contributed by atoms with Crippen LogP contribution in [0, 0.1) is 0 Å². The van der Waals surface area contributed by atoms with Gasteiger partial charge in [-0.15, -0.1) is 5.10 Å². The zero-order chi connectivity index (χ0) is 32.6. The molecule has 0 bridgehead atoms. The minimum atomic E-state index is -0.617. The molecule has 2 amide bonds. The van der Waals surface area contributed by atoms with Crippen LogP contribution >= 0.6 is 11.8 Å². The number of aliphatic hydroxyl groups is 1. The summed E-state index contributed by atoms with van der Waals surface area (Å²) < 4.78 is 14.7. The van der Waals surface area contributed by atoms with Crippen LogP contribution in [0.3, 0.4) is 0 Å². The van der Waals surface area contributed by atoms with E-state index in [4.69, 9.17) is 9.47 Å². The number of aromatic nitrogens is 4. The second kappa shape index (κ2) is 15.2. The number of carbonyl (C=O) groups is 1. The van der Waals surface area contributed by atoms with Crippen LogP contribution in [0.2, 0.25) is 0 Å². The highest BCUT2D eigenvalue weighted by molar-refractivity contribution is 7.99. The molecule has 11 nitrogen and oxygen atoms in total. The van der Waals surface area contributed by atoms with Gasteiger partial charge in [0.15, 0.2) is 6.29 Å². The lowest BCUT2D eigenvalue weighted by Gasteiger charge is -2.36. The molecule has 0 aliphatic carbocycles. The minimum absolute atomic E-state index is 0.0238. The van der Waals surface area contributed by atoms with E-state index >= 15 is 0 Å². The molecule has 0 radical (unpaired) electrons. The highest BCUT2D eigenvalue weighted by atomic mass is 32.2. The number of hydrogen-bond donors (Lipinski definition) is 4. The van der Waals surface area contributed by atoms with Crippen LogP contribution in [0.25, 0.3) is 16.8 Å². The Morgan fingerprint density at radius 1 is 0.936 bits per heavy atom. The molecule has 0 saturated carbocycles. The maximum Gasteiger partial charge on any atom is 0.315 e. The Hall–Kier alpha value is -4.75. The Morgan fingerprint density at radius 3 is 2.43 bits per heavy atom. The molecule has 0 unspecified atom stereocenters. The molecule has 3 atom stereocenters. The quantitative estimate of drug-likeness (QED) is 0.132. The van der Waals surface area contributed by atoms with Gasteiger partial charge in [0, 0.05) is 30.8 Å². The largest absolute Gasteiger partial charge is 0.508 e. The molecule has 242 valence electrons. The average Bonchev–Trinajstić information content (AvgIpc) is 3.59. The van der Waals surface area contributed by atoms with Gasteiger partial charge in [-0.25, -0.2) is 4.79 Å². The van der Waals surface area contributed by atoms with Crippen molar-refractivity contribution in [1.29, 1.82) is 0 Å². The summed E-state index contributed by atoms with van der Waals surface area (Å²) in [5.74, 6) is 0.745. The standard InChI is InChI=1S/C35H36N6O5S/c1-2-36-34(44)37-20-27-5-3-4-6-31(27)24-11-13-26(14-12-24)33-45-30(19-32(46-33)25-9-7-23(21-42)8-10-25)22-47-35-38-39-40-41(35)28-15-17-29(43)18-16-28/h3-18,30,32-33,42-43H,2,19-22H2,1H3,(H2,36,37,44)/t30-,32+,33+/m0/s1. The first-order valence-corrected chi connectivity index (χ1v) is 16.4. The Bertz CT molecular complexity index is 1770. The molecular weight excluding hydrogens is 616 g/mol. The van der Waals surface area contributed by atoms with Crippen LogP contribution in [0.1, 0.15) is 48.0 Å². The number of amides is 2. The van der Waals surface area contributed by atoms with Gasteiger partial charge in [-0.1, -0.05) is 84.6 Å². The summed E-state index contributed by atoms with van der Waals surface area (Å²) >= 11 is 1.49. The van der Waals surface area contributed by atoms with Gasteiger partial charge in [0.1, 0.15) is 5.75 Å². The number of phenolic OH excluding ortho intramolecular Hbond substituents is 1. The number of nitrogens with zero attached hydrogens (tertiary/aromatic N) is 4. The summed E-state index contributed by atoms with van der Waals surface area (Å²) in [5.41, 5.74) is 6.52. The molecule has 4 aromatic carbocycles. The number of hydrogen-bond acceptors (Lipinski definition) is 9. The molecule has 1 aliphatic heterocycles. The van der Waals surface area contributed by atoms with Gasteiger partial charge in [-0.3, -0.25) is 0 Å². The van der Waals surface area contributed by atoms with Gasteiger partial charge in [-0.05, 0) is 69.4 Å². The van der Waals surface area contributed by atoms with Crippen molar-refractivity contribution in [3.05, 3.63) is 119 Å². The summed E-state index contributed by atoms with van der Waals surface area (Å²) in [6, 6.07) is 30.4. The smallest absolute Gasteiger partial charge is 0.315 e. The first-order chi connectivity index (χ1) is 23.0. The molecule has 5 aromatic rings. The molecule has 6 rings (SSSR count). The van der Waals surface area contributed by atoms with Crippen molar-refractivity contribution in [2.24, 2.45) is 0 Å². The van der Waals surface area contributed by atoms with Gasteiger partial charge in [0.25, 0.3) is 0 Å². The number of aliphatic hydroxyl groups excluding tert-OH is 1. The van der Waals surface area contributed by atoms with E-state index < -0.39 is 6.29 Å². The normalized spacial score (nSPS) is 17.7. The molecule has 1 fully saturated rings. The molecule has 4 N–H and O–H groups in total. The fraction of sp³-hybridized carbons (Fsp3) is 0.257. The highest BCUT2D eigenvalue weighted by Gasteiger charge is 2.32. The number of carbonyl (C=O) groups excluding carboxylic acids is 1. The maximum atomic E-state index is 12.0. The van der Waals surface area contributed by atoms with Crippen molar-refractivity contribution in [2.45, 2.75) is 50.2 Å². The second-order valence-electron chi connectivity index (χ2n) is 11.0. The summed E-state index contributed by atoms with van der Waals surface area (Å²) in [5, 5.41) is 37.7. The number of thioether (sulfide) groups is 1. The van der Waals surface area contributed by atoms with Gasteiger partial charge >= 0.3 is 6.03 Å². The Kier molecular flexibility index (Phi) is 10.4. The van der Waals surface area contributed by atoms with Crippen molar-refractivity contribution in [1.82, 2.24) is 30.8 Å². The monoisotopic (exact) mass is 652 g/mol. The summed E-state index contributed by atoms with van der Waals surface area (Å²) in [6.07, 6.45) is -0.422. The zero-order valence-electron chi connectivity index (χ0n) is 25.8. The number of rotatable bonds is 11. The van der Waals surface area contributed by atoms with Crippen LogP contribution in [0.15, 0.2) is 102 Å². The Morgan fingerprint density at radius 2 is 1.68 bits per heavy atom. The van der Waals surface area contributed by atoms with Crippen molar-refractivity contribution in [3.63, 3.8) is 0 Å². The first kappa shape index (κ1) is 32.2. The second-order valence-corrected chi connectivity index (χ2v) is 12.0. The Labute approximate surface area is 276 Å². The number of benzene rings is 4. The predicted octanol–water partition coefficient (Wildman–Crippen LogP) is 5.68. The van der Waals surface area contributed by atoms with E-state index in [0.717, 1.165) is 39.1 Å². The lowest BCUT2D eigenvalue weighted by molar-refractivity contribution is -0.245. The van der Waals surface area contributed by atoms with E-state index in [1.807, 2.05) is 79.7 Å². The highest BCUT2D eigenvalue weighted by Crippen LogP contribution is 2.40. The van der Waals surface area contributed by atoms with E-state index in [1.54, 1.807) is 28.9 Å². The molecule has 1 saturated heterocycles. The lowest BCUT2D eigenvalue weighted by atomic mass is 9.98. The van der Waals surface area contributed by atoms with Gasteiger partial charge in [0.05, 0.1) is 24.5 Å². The first-order valence-electron chi connectivity index (χ1n) is 15.4. The van der Waals surface area contributed by atoms with Crippen molar-refractivity contribution < 1.29 is 24.5 Å². The number of urea groups is 1. The molecular formula is C35H36N6O5S. The zero-order valence-corrected chi connectivity index (χ0v) is 26.6. The SMILES string of the molecule is CCNC(=O)NCc1ccccc1-c1ccc([C@@H]2O[C@H](CSc3nnnn3-c3ccc(O)cc3)C[C@H](c3ccc(CO)cc3)O2)cc1. The Balaban J connectivity index is 1.20. The van der Waals surface area contributed by atoms with Crippen LogP contribution in [0.5, 0.6) is 5.75 Å². The maximum absolute atomic E-state index is 12.0. The fourth-order valence-electron chi connectivity index (χ4n) is 5.39. The molecule has 0 spiro atoms. The number of tetrazole rings is 1. The van der Waals surface area contributed by atoms with E-state index in [1.165, 1.54) is 11.8 Å². The molecule has 1 aromatic heterocycles. The number of ether oxygens (including phenoxy) is 2. The predicted molar refractivity (Wildman–Crippen MR) is 178 cm³/mol. The third kappa shape index (κ3) is 7.98. The van der Waals surface area contributed by atoms with E-state index in [0.29, 0.717) is 30.4 Å². The van der Waals surface area contributed by atoms with Crippen molar-refractivity contribution >= 4 is 17.8 Å². The molecule has 1 aliphatic rings. The van der Waals surface area contributed by atoms with Crippen molar-refractivity contribution in [3.8, 4) is 22.6 Å². The average molecular weight is 653 g/mol. The van der Waals surface area contributed by atoms with E-state index in [2.05, 4.69) is 26.2 Å². The number of phenols is 1. The minimum Gasteiger partial charge on any atom is -0.508 e. The topological polar surface area (TPSA) is 144 Å². The van der Waals surface area contributed by atoms with Crippen LogP contribution in [0.4, 0.5) is 4.79 Å². The third-order valence-corrected chi connectivity index (χ3v) is 8.89. The van der Waals surface area contributed by atoms with Crippen molar-refractivity contribution in [2.75, 3.05) is 12.3 Å². The molecule has 47 heavy (non-hydrogen) atoms. The fourth-order valence-corrected chi connectivity index (χ4v) is 6.30. The number of nitrogens with one attached hydrogen (secondary N) is 2.